The van der Waals surface area contributed by atoms with E-state index in [1.54, 1.807) is 30.0 Å². The lowest BCUT2D eigenvalue weighted by atomic mass is 10.1. The summed E-state index contributed by atoms with van der Waals surface area (Å²) in [5.74, 6) is -0.533. The van der Waals surface area contributed by atoms with Crippen molar-refractivity contribution in [1.82, 2.24) is 19.9 Å². The Balaban J connectivity index is 1.43. The summed E-state index contributed by atoms with van der Waals surface area (Å²) in [5, 5.41) is 5.33. The number of imidazole rings is 1. The van der Waals surface area contributed by atoms with Crippen LogP contribution in [0.1, 0.15) is 21.6 Å². The van der Waals surface area contributed by atoms with Crippen LogP contribution in [0, 0.1) is 5.82 Å². The topological polar surface area (TPSA) is 59.8 Å². The molecule has 0 unspecified atom stereocenters. The third-order valence-corrected chi connectivity index (χ3v) is 5.19. The van der Waals surface area contributed by atoms with Gasteiger partial charge in [0.05, 0.1) is 6.33 Å². The molecule has 140 valence electrons. The second-order valence-electron chi connectivity index (χ2n) is 6.23. The van der Waals surface area contributed by atoms with Crippen molar-refractivity contribution in [3.05, 3.63) is 95.3 Å². The fourth-order valence-electron chi connectivity index (χ4n) is 2.83. The van der Waals surface area contributed by atoms with Gasteiger partial charge in [-0.3, -0.25) is 4.79 Å². The van der Waals surface area contributed by atoms with Gasteiger partial charge in [0.25, 0.3) is 5.91 Å². The molecule has 7 heteroatoms. The highest BCUT2D eigenvalue weighted by atomic mass is 32.1. The molecule has 0 saturated carbocycles. The Kier molecular flexibility index (Phi) is 5.25. The molecule has 0 bridgehead atoms. The van der Waals surface area contributed by atoms with E-state index in [0.29, 0.717) is 23.8 Å². The van der Waals surface area contributed by atoms with Gasteiger partial charge in [0.15, 0.2) is 0 Å². The minimum absolute atomic E-state index is 0.234. The Labute approximate surface area is 165 Å². The molecule has 5 nitrogen and oxygen atoms in total. The average Bonchev–Trinajstić information content (AvgIpc) is 3.40. The maximum absolute atomic E-state index is 13.1. The van der Waals surface area contributed by atoms with Crippen molar-refractivity contribution in [2.75, 3.05) is 0 Å². The number of benzene rings is 2. The first-order chi connectivity index (χ1) is 13.7. The van der Waals surface area contributed by atoms with Gasteiger partial charge in [0.1, 0.15) is 16.5 Å². The van der Waals surface area contributed by atoms with Crippen LogP contribution in [0.25, 0.3) is 10.6 Å². The lowest BCUT2D eigenvalue weighted by Gasteiger charge is -2.10. The molecule has 4 rings (SSSR count). The lowest BCUT2D eigenvalue weighted by molar-refractivity contribution is 0.0946. The summed E-state index contributed by atoms with van der Waals surface area (Å²) in [6, 6.07) is 14.0. The number of nitrogens with zero attached hydrogens (tertiary/aromatic N) is 3. The Morgan fingerprint density at radius 2 is 1.89 bits per heavy atom. The monoisotopic (exact) mass is 392 g/mol. The van der Waals surface area contributed by atoms with Gasteiger partial charge >= 0.3 is 0 Å². The molecule has 28 heavy (non-hydrogen) atoms. The van der Waals surface area contributed by atoms with Gasteiger partial charge in [0.2, 0.25) is 0 Å². The molecule has 0 aliphatic carbocycles. The Hall–Kier alpha value is -3.32. The van der Waals surface area contributed by atoms with Crippen LogP contribution in [0.15, 0.2) is 72.6 Å². The normalized spacial score (nSPS) is 10.8. The van der Waals surface area contributed by atoms with Gasteiger partial charge < -0.3 is 9.88 Å². The van der Waals surface area contributed by atoms with E-state index < -0.39 is 0 Å². The standard InChI is InChI=1S/C21H17FN4OS/c22-18-7-5-15(6-8-18)21-25-19(13-28-21)20(27)24-11-16-3-1-2-4-17(16)12-26-10-9-23-14-26/h1-10,13-14H,11-12H2,(H,24,27). The molecule has 0 aliphatic heterocycles. The largest absolute Gasteiger partial charge is 0.347 e. The van der Waals surface area contributed by atoms with E-state index in [1.165, 1.54) is 23.5 Å². The van der Waals surface area contributed by atoms with Crippen LogP contribution in [0.5, 0.6) is 0 Å². The number of nitrogens with one attached hydrogen (secondary N) is 1. The zero-order valence-corrected chi connectivity index (χ0v) is 15.7. The summed E-state index contributed by atoms with van der Waals surface area (Å²) in [7, 11) is 0. The number of halogens is 1. The molecule has 2 heterocycles. The lowest BCUT2D eigenvalue weighted by Crippen LogP contribution is -2.24. The molecule has 2 aromatic carbocycles. The Bertz CT molecular complexity index is 1070. The second-order valence-corrected chi connectivity index (χ2v) is 7.09. The molecule has 0 fully saturated rings. The van der Waals surface area contributed by atoms with Crippen LogP contribution >= 0.6 is 11.3 Å². The van der Waals surface area contributed by atoms with Crippen molar-refractivity contribution in [3.63, 3.8) is 0 Å². The summed E-state index contributed by atoms with van der Waals surface area (Å²) in [4.78, 5) is 20.9. The van der Waals surface area contributed by atoms with Crippen molar-refractivity contribution in [3.8, 4) is 10.6 Å². The van der Waals surface area contributed by atoms with Crippen molar-refractivity contribution < 1.29 is 9.18 Å². The Morgan fingerprint density at radius 3 is 2.64 bits per heavy atom. The molecule has 0 atom stereocenters. The molecular formula is C21H17FN4OS. The summed E-state index contributed by atoms with van der Waals surface area (Å²) in [6.07, 6.45) is 5.41. The van der Waals surface area contributed by atoms with Gasteiger partial charge in [-0.25, -0.2) is 14.4 Å². The number of rotatable bonds is 6. The van der Waals surface area contributed by atoms with Crippen LogP contribution in [0.2, 0.25) is 0 Å². The van der Waals surface area contributed by atoms with E-state index in [1.807, 2.05) is 35.0 Å². The van der Waals surface area contributed by atoms with Crippen LogP contribution in [0.3, 0.4) is 0 Å². The van der Waals surface area contributed by atoms with E-state index in [0.717, 1.165) is 16.7 Å². The molecule has 0 saturated heterocycles. The van der Waals surface area contributed by atoms with Gasteiger partial charge in [-0.15, -0.1) is 11.3 Å². The number of carbonyl (C=O) groups excluding carboxylic acids is 1. The van der Waals surface area contributed by atoms with Crippen LogP contribution < -0.4 is 5.32 Å². The van der Waals surface area contributed by atoms with Gasteiger partial charge in [-0.05, 0) is 35.4 Å². The zero-order chi connectivity index (χ0) is 19.3. The molecule has 4 aromatic rings. The van der Waals surface area contributed by atoms with Gasteiger partial charge in [-0.2, -0.15) is 0 Å². The van der Waals surface area contributed by atoms with E-state index in [9.17, 15) is 9.18 Å². The number of amides is 1. The first kappa shape index (κ1) is 18.1. The van der Waals surface area contributed by atoms with Crippen LogP contribution in [-0.4, -0.2) is 20.4 Å². The third kappa shape index (κ3) is 4.15. The van der Waals surface area contributed by atoms with E-state index in [4.69, 9.17) is 0 Å². The summed E-state index contributed by atoms with van der Waals surface area (Å²) >= 11 is 1.36. The highest BCUT2D eigenvalue weighted by Gasteiger charge is 2.12. The second kappa shape index (κ2) is 8.14. The molecule has 0 spiro atoms. The number of carbonyl (C=O) groups is 1. The number of hydrogen-bond donors (Lipinski definition) is 1. The van der Waals surface area contributed by atoms with Crippen molar-refractivity contribution in [2.45, 2.75) is 13.1 Å². The predicted octanol–water partition coefficient (Wildman–Crippen LogP) is 4.12. The fraction of sp³-hybridized carbons (Fsp3) is 0.0952. The third-order valence-electron chi connectivity index (χ3n) is 4.30. The van der Waals surface area contributed by atoms with Crippen LogP contribution in [-0.2, 0) is 13.1 Å². The van der Waals surface area contributed by atoms with Crippen molar-refractivity contribution >= 4 is 17.2 Å². The molecule has 0 aliphatic rings. The van der Waals surface area contributed by atoms with Crippen molar-refractivity contribution in [2.24, 2.45) is 0 Å². The summed E-state index contributed by atoms with van der Waals surface area (Å²) in [6.45, 7) is 1.10. The fourth-order valence-corrected chi connectivity index (χ4v) is 3.64. The van der Waals surface area contributed by atoms with Gasteiger partial charge in [0, 0.05) is 36.4 Å². The minimum atomic E-state index is -0.298. The molecule has 1 N–H and O–H groups in total. The Morgan fingerprint density at radius 1 is 1.11 bits per heavy atom. The minimum Gasteiger partial charge on any atom is -0.347 e. The van der Waals surface area contributed by atoms with Crippen molar-refractivity contribution in [1.29, 1.82) is 0 Å². The average molecular weight is 392 g/mol. The van der Waals surface area contributed by atoms with Crippen LogP contribution in [0.4, 0.5) is 4.39 Å². The van der Waals surface area contributed by atoms with E-state index in [-0.39, 0.29) is 11.7 Å². The summed E-state index contributed by atoms with van der Waals surface area (Å²) < 4.78 is 15.0. The van der Waals surface area contributed by atoms with E-state index in [2.05, 4.69) is 15.3 Å². The van der Waals surface area contributed by atoms with Gasteiger partial charge in [-0.1, -0.05) is 24.3 Å². The zero-order valence-electron chi connectivity index (χ0n) is 14.9. The first-order valence-electron chi connectivity index (χ1n) is 8.71. The molecule has 1 amide bonds. The number of aromatic nitrogens is 3. The highest BCUT2D eigenvalue weighted by molar-refractivity contribution is 7.13. The molecular weight excluding hydrogens is 375 g/mol. The SMILES string of the molecule is O=C(NCc1ccccc1Cn1ccnc1)c1csc(-c2ccc(F)cc2)n1. The predicted molar refractivity (Wildman–Crippen MR) is 106 cm³/mol. The number of thiazole rings is 1. The molecule has 2 aromatic heterocycles. The van der Waals surface area contributed by atoms with E-state index >= 15 is 0 Å². The maximum atomic E-state index is 13.1. The first-order valence-corrected chi connectivity index (χ1v) is 9.59. The highest BCUT2D eigenvalue weighted by Crippen LogP contribution is 2.24. The summed E-state index contributed by atoms with van der Waals surface area (Å²) in [5.41, 5.74) is 3.30. The smallest absolute Gasteiger partial charge is 0.271 e. The quantitative estimate of drug-likeness (QED) is 0.537. The number of hydrogen-bond acceptors (Lipinski definition) is 4. The maximum Gasteiger partial charge on any atom is 0.271 e. The molecule has 0 radical (unpaired) electrons.